The summed E-state index contributed by atoms with van der Waals surface area (Å²) in [5.74, 6) is 0. The quantitative estimate of drug-likeness (QED) is 0.500. The Morgan fingerprint density at radius 2 is 2.56 bits per heavy atom. The molecule has 0 aromatic rings. The summed E-state index contributed by atoms with van der Waals surface area (Å²) in [6.45, 7) is 1.14. The molecule has 1 rings (SSSR count). The first-order valence-corrected chi connectivity index (χ1v) is 3.22. The Kier molecular flexibility index (Phi) is 1.96. The summed E-state index contributed by atoms with van der Waals surface area (Å²) in [6, 6.07) is 2.77. The summed E-state index contributed by atoms with van der Waals surface area (Å²) >= 11 is 0. The first kappa shape index (κ1) is 6.44. The second-order valence-corrected chi connectivity index (χ2v) is 2.30. The molecule has 1 heterocycles. The Morgan fingerprint density at radius 1 is 1.78 bits per heavy atom. The van der Waals surface area contributed by atoms with Crippen molar-refractivity contribution in [2.45, 2.75) is 18.9 Å². The van der Waals surface area contributed by atoms with Gasteiger partial charge in [0.25, 0.3) is 0 Å². The molecule has 0 aromatic heterocycles. The van der Waals surface area contributed by atoms with Gasteiger partial charge in [0.05, 0.1) is 12.6 Å². The number of terminal acetylenes is 1. The summed E-state index contributed by atoms with van der Waals surface area (Å²) in [5, 5.41) is 8.73. The molecule has 1 atom stereocenters. The summed E-state index contributed by atoms with van der Waals surface area (Å²) < 4.78 is 0. The fourth-order valence-corrected chi connectivity index (χ4v) is 1.20. The fourth-order valence-electron chi connectivity index (χ4n) is 1.20. The molecular formula is C7H11NO. The van der Waals surface area contributed by atoms with E-state index in [4.69, 9.17) is 11.5 Å². The zero-order chi connectivity index (χ0) is 6.69. The molecule has 0 bridgehead atoms. The highest BCUT2D eigenvalue weighted by Crippen LogP contribution is 2.14. The number of aliphatic hydroxyl groups is 1. The number of aliphatic hydroxyl groups excluding tert-OH is 1. The van der Waals surface area contributed by atoms with Crippen molar-refractivity contribution in [1.82, 2.24) is 4.90 Å². The maximum Gasteiger partial charge on any atom is 0.0642 e. The van der Waals surface area contributed by atoms with Crippen molar-refractivity contribution in [2.75, 3.05) is 13.2 Å². The molecule has 1 saturated heterocycles. The number of likely N-dealkylation sites (tertiary alicyclic amines) is 1. The van der Waals surface area contributed by atoms with Crippen molar-refractivity contribution in [3.8, 4) is 12.5 Å². The van der Waals surface area contributed by atoms with Crippen molar-refractivity contribution < 1.29 is 5.11 Å². The Balaban J connectivity index is 2.44. The van der Waals surface area contributed by atoms with Crippen molar-refractivity contribution >= 4 is 0 Å². The van der Waals surface area contributed by atoms with Crippen molar-refractivity contribution in [1.29, 1.82) is 0 Å². The molecule has 1 N–H and O–H groups in total. The molecule has 9 heavy (non-hydrogen) atoms. The molecule has 0 radical (unpaired) electrons. The predicted octanol–water partition coefficient (Wildman–Crippen LogP) is 0.0338. The standard InChI is InChI=1S/C7H11NO/c1-2-8-5-3-4-7(8)6-9/h1,7,9H,3-6H2. The monoisotopic (exact) mass is 125 g/mol. The van der Waals surface area contributed by atoms with Crippen LogP contribution in [0.1, 0.15) is 12.8 Å². The molecule has 1 unspecified atom stereocenters. The van der Waals surface area contributed by atoms with Crippen LogP contribution in [0.2, 0.25) is 0 Å². The molecule has 0 amide bonds. The van der Waals surface area contributed by atoms with Gasteiger partial charge in [0.15, 0.2) is 0 Å². The van der Waals surface area contributed by atoms with Crippen LogP contribution in [0.25, 0.3) is 0 Å². The van der Waals surface area contributed by atoms with Crippen LogP contribution in [0, 0.1) is 12.5 Å². The van der Waals surface area contributed by atoms with E-state index >= 15 is 0 Å². The van der Waals surface area contributed by atoms with Gasteiger partial charge in [-0.05, 0) is 12.8 Å². The van der Waals surface area contributed by atoms with Crippen LogP contribution in [0.5, 0.6) is 0 Å². The molecular weight excluding hydrogens is 114 g/mol. The van der Waals surface area contributed by atoms with E-state index in [0.717, 1.165) is 19.4 Å². The molecule has 50 valence electrons. The number of hydrogen-bond acceptors (Lipinski definition) is 2. The zero-order valence-corrected chi connectivity index (χ0v) is 5.38. The predicted molar refractivity (Wildman–Crippen MR) is 35.6 cm³/mol. The molecule has 0 aliphatic carbocycles. The lowest BCUT2D eigenvalue weighted by Gasteiger charge is -2.16. The Labute approximate surface area is 55.5 Å². The lowest BCUT2D eigenvalue weighted by Crippen LogP contribution is -2.27. The van der Waals surface area contributed by atoms with Gasteiger partial charge in [0, 0.05) is 12.6 Å². The summed E-state index contributed by atoms with van der Waals surface area (Å²) in [7, 11) is 0. The Hall–Kier alpha value is -0.680. The summed E-state index contributed by atoms with van der Waals surface area (Å²) in [6.07, 6.45) is 7.33. The lowest BCUT2D eigenvalue weighted by molar-refractivity contribution is 0.202. The minimum absolute atomic E-state index is 0.199. The molecule has 0 aromatic carbocycles. The summed E-state index contributed by atoms with van der Waals surface area (Å²) in [5.41, 5.74) is 0. The van der Waals surface area contributed by atoms with Crippen LogP contribution in [-0.4, -0.2) is 29.2 Å². The fraction of sp³-hybridized carbons (Fsp3) is 0.714. The van der Waals surface area contributed by atoms with Crippen molar-refractivity contribution in [2.24, 2.45) is 0 Å². The highest BCUT2D eigenvalue weighted by atomic mass is 16.3. The van der Waals surface area contributed by atoms with E-state index in [-0.39, 0.29) is 12.6 Å². The van der Waals surface area contributed by atoms with Crippen LogP contribution < -0.4 is 0 Å². The molecule has 1 aliphatic heterocycles. The first-order chi connectivity index (χ1) is 4.38. The van der Waals surface area contributed by atoms with Gasteiger partial charge in [-0.2, -0.15) is 0 Å². The van der Waals surface area contributed by atoms with Gasteiger partial charge in [-0.3, -0.25) is 0 Å². The molecule has 1 aliphatic rings. The zero-order valence-electron chi connectivity index (χ0n) is 5.38. The third-order valence-electron chi connectivity index (χ3n) is 1.75. The highest BCUT2D eigenvalue weighted by Gasteiger charge is 2.20. The van der Waals surface area contributed by atoms with Gasteiger partial charge in [0.1, 0.15) is 0 Å². The normalized spacial score (nSPS) is 26.2. The van der Waals surface area contributed by atoms with Crippen LogP contribution in [0.3, 0.4) is 0 Å². The van der Waals surface area contributed by atoms with E-state index in [1.54, 1.807) is 0 Å². The van der Waals surface area contributed by atoms with E-state index < -0.39 is 0 Å². The molecule has 1 fully saturated rings. The number of hydrogen-bond donors (Lipinski definition) is 1. The lowest BCUT2D eigenvalue weighted by atomic mass is 10.2. The SMILES string of the molecule is C#CN1CCCC1CO. The third kappa shape index (κ3) is 1.17. The molecule has 2 nitrogen and oxygen atoms in total. The first-order valence-electron chi connectivity index (χ1n) is 3.22. The van der Waals surface area contributed by atoms with Crippen LogP contribution >= 0.6 is 0 Å². The van der Waals surface area contributed by atoms with Gasteiger partial charge in [-0.15, -0.1) is 0 Å². The highest BCUT2D eigenvalue weighted by molar-refractivity contribution is 4.93. The van der Waals surface area contributed by atoms with E-state index in [1.165, 1.54) is 0 Å². The minimum atomic E-state index is 0.199. The van der Waals surface area contributed by atoms with Crippen molar-refractivity contribution in [3.05, 3.63) is 0 Å². The van der Waals surface area contributed by atoms with E-state index in [1.807, 2.05) is 4.90 Å². The smallest absolute Gasteiger partial charge is 0.0642 e. The van der Waals surface area contributed by atoms with Gasteiger partial charge in [-0.1, -0.05) is 6.42 Å². The van der Waals surface area contributed by atoms with E-state index in [0.29, 0.717) is 0 Å². The second-order valence-electron chi connectivity index (χ2n) is 2.30. The number of rotatable bonds is 1. The van der Waals surface area contributed by atoms with E-state index in [9.17, 15) is 0 Å². The second kappa shape index (κ2) is 2.75. The Bertz CT molecular complexity index is 127. The number of nitrogens with zero attached hydrogens (tertiary/aromatic N) is 1. The maximum absolute atomic E-state index is 8.73. The van der Waals surface area contributed by atoms with Crippen LogP contribution in [0.4, 0.5) is 0 Å². The van der Waals surface area contributed by atoms with Gasteiger partial charge in [0.2, 0.25) is 0 Å². The topological polar surface area (TPSA) is 23.5 Å². The maximum atomic E-state index is 8.73. The van der Waals surface area contributed by atoms with Gasteiger partial charge in [-0.25, -0.2) is 0 Å². The van der Waals surface area contributed by atoms with Crippen LogP contribution in [-0.2, 0) is 0 Å². The Morgan fingerprint density at radius 3 is 3.00 bits per heavy atom. The molecule has 0 spiro atoms. The van der Waals surface area contributed by atoms with Gasteiger partial charge < -0.3 is 10.0 Å². The molecule has 0 saturated carbocycles. The summed E-state index contributed by atoms with van der Waals surface area (Å²) in [4.78, 5) is 1.86. The largest absolute Gasteiger partial charge is 0.394 e. The van der Waals surface area contributed by atoms with Gasteiger partial charge >= 0.3 is 0 Å². The average molecular weight is 125 g/mol. The van der Waals surface area contributed by atoms with E-state index in [2.05, 4.69) is 6.04 Å². The average Bonchev–Trinajstić information content (AvgIpc) is 2.33. The van der Waals surface area contributed by atoms with Crippen molar-refractivity contribution in [3.63, 3.8) is 0 Å². The van der Waals surface area contributed by atoms with Crippen LogP contribution in [0.15, 0.2) is 0 Å². The molecule has 2 heteroatoms. The minimum Gasteiger partial charge on any atom is -0.394 e. The third-order valence-corrected chi connectivity index (χ3v) is 1.75.